The molecule has 2 N–H and O–H groups in total. The van der Waals surface area contributed by atoms with E-state index in [-0.39, 0.29) is 5.91 Å². The van der Waals surface area contributed by atoms with Crippen molar-refractivity contribution in [2.45, 2.75) is 13.0 Å². The number of methoxy groups -OCH3 is 2. The molecule has 0 aliphatic carbocycles. The van der Waals surface area contributed by atoms with Gasteiger partial charge in [0.15, 0.2) is 5.82 Å². The van der Waals surface area contributed by atoms with Crippen LogP contribution in [0.4, 0.5) is 11.6 Å². The average Bonchev–Trinajstić information content (AvgIpc) is 3.31. The van der Waals surface area contributed by atoms with Crippen LogP contribution in [0.1, 0.15) is 18.5 Å². The summed E-state index contributed by atoms with van der Waals surface area (Å²) >= 11 is 12.5. The number of nitrogens with zero attached hydrogens (tertiary/aromatic N) is 4. The Balaban J connectivity index is 1.68. The number of aromatic nitrogens is 4. The highest BCUT2D eigenvalue weighted by Crippen LogP contribution is 2.42. The summed E-state index contributed by atoms with van der Waals surface area (Å²) in [5.41, 5.74) is 2.85. The van der Waals surface area contributed by atoms with E-state index in [0.29, 0.717) is 61.4 Å². The van der Waals surface area contributed by atoms with Crippen LogP contribution in [0.3, 0.4) is 0 Å². The molecule has 0 saturated heterocycles. The number of carbonyl (C=O) groups is 1. The van der Waals surface area contributed by atoms with E-state index < -0.39 is 6.04 Å². The Hall–Kier alpha value is -4.08. The molecule has 1 aliphatic rings. The number of nitrogens with one attached hydrogen (secondary N) is 2. The largest absolute Gasteiger partial charge is 0.497 e. The van der Waals surface area contributed by atoms with Crippen molar-refractivity contribution in [3.63, 3.8) is 0 Å². The number of ether oxygens (including phenoxy) is 2. The van der Waals surface area contributed by atoms with Crippen LogP contribution in [-0.2, 0) is 4.79 Å². The number of allylic oxidation sites excluding steroid dienone is 1. The fraction of sp³-hybridized carbons (Fsp3) is 0.154. The van der Waals surface area contributed by atoms with Gasteiger partial charge in [-0.1, -0.05) is 23.2 Å². The number of halogens is 2. The zero-order chi connectivity index (χ0) is 26.1. The summed E-state index contributed by atoms with van der Waals surface area (Å²) < 4.78 is 12.8. The summed E-state index contributed by atoms with van der Waals surface area (Å²) in [5, 5.41) is 11.8. The molecule has 1 unspecified atom stereocenters. The summed E-state index contributed by atoms with van der Waals surface area (Å²) in [6.45, 7) is 1.81. The van der Waals surface area contributed by atoms with Crippen LogP contribution in [0.15, 0.2) is 72.2 Å². The predicted molar refractivity (Wildman–Crippen MR) is 142 cm³/mol. The highest BCUT2D eigenvalue weighted by Gasteiger charge is 2.36. The number of hydrogen-bond acceptors (Lipinski definition) is 7. The molecule has 2 aromatic heterocycles. The van der Waals surface area contributed by atoms with Crippen LogP contribution in [0.2, 0.25) is 10.0 Å². The van der Waals surface area contributed by atoms with E-state index in [1.807, 2.05) is 13.0 Å². The molecule has 2 aromatic carbocycles. The molecule has 1 aliphatic heterocycles. The van der Waals surface area contributed by atoms with Crippen molar-refractivity contribution in [2.75, 3.05) is 24.9 Å². The van der Waals surface area contributed by atoms with E-state index in [4.69, 9.17) is 37.8 Å². The second-order valence-electron chi connectivity index (χ2n) is 8.20. The van der Waals surface area contributed by atoms with Crippen molar-refractivity contribution in [1.29, 1.82) is 0 Å². The van der Waals surface area contributed by atoms with Gasteiger partial charge in [-0.25, -0.2) is 4.68 Å². The zero-order valence-electron chi connectivity index (χ0n) is 20.1. The number of hydrogen-bond donors (Lipinski definition) is 2. The van der Waals surface area contributed by atoms with Crippen LogP contribution >= 0.6 is 23.2 Å². The van der Waals surface area contributed by atoms with E-state index >= 15 is 0 Å². The smallest absolute Gasteiger partial charge is 0.255 e. The van der Waals surface area contributed by atoms with Gasteiger partial charge in [0.25, 0.3) is 5.91 Å². The molecule has 5 rings (SSSR count). The second-order valence-corrected chi connectivity index (χ2v) is 9.04. The Kier molecular flexibility index (Phi) is 6.73. The number of benzene rings is 2. The van der Waals surface area contributed by atoms with E-state index in [1.54, 1.807) is 73.8 Å². The van der Waals surface area contributed by atoms with E-state index in [0.717, 1.165) is 0 Å². The van der Waals surface area contributed by atoms with Gasteiger partial charge in [0, 0.05) is 28.0 Å². The first-order chi connectivity index (χ1) is 17.9. The number of fused-ring (bicyclic) bond motifs is 1. The quantitative estimate of drug-likeness (QED) is 0.331. The molecule has 0 radical (unpaired) electrons. The summed E-state index contributed by atoms with van der Waals surface area (Å²) in [7, 11) is 3.15. The maximum atomic E-state index is 13.7. The van der Waals surface area contributed by atoms with Crippen LogP contribution in [0, 0.1) is 0 Å². The lowest BCUT2D eigenvalue weighted by molar-refractivity contribution is -0.113. The molecule has 0 saturated carbocycles. The molecule has 37 heavy (non-hydrogen) atoms. The summed E-state index contributed by atoms with van der Waals surface area (Å²) in [6.07, 6.45) is 3.21. The minimum Gasteiger partial charge on any atom is -0.497 e. The van der Waals surface area contributed by atoms with Gasteiger partial charge in [0.1, 0.15) is 17.5 Å². The van der Waals surface area contributed by atoms with Gasteiger partial charge in [-0.05, 0) is 55.5 Å². The number of carbonyl (C=O) groups excluding carboxylic acids is 1. The first-order valence-electron chi connectivity index (χ1n) is 11.2. The third kappa shape index (κ3) is 4.71. The van der Waals surface area contributed by atoms with Crippen molar-refractivity contribution in [3.8, 4) is 22.9 Å². The monoisotopic (exact) mass is 536 g/mol. The number of amides is 1. The molecule has 4 aromatic rings. The van der Waals surface area contributed by atoms with Crippen LogP contribution in [-0.4, -0.2) is 39.9 Å². The number of rotatable bonds is 6. The third-order valence-electron chi connectivity index (χ3n) is 5.92. The lowest BCUT2D eigenvalue weighted by Gasteiger charge is -2.29. The standard InChI is InChI=1S/C26H22Cl2N6O3/c1-14-22(25(35)31-16-5-4-10-29-13-16)23(19-12-17(36-2)7-9-21(19)37-3)34-26(30-14)32-24(33-34)18-8-6-15(27)11-20(18)28/h4-13,23H,1-3H3,(H,31,35)(H,30,32,33). The SMILES string of the molecule is COc1ccc(OC)c(C2C(C(=O)Nc3cccnc3)=C(C)Nc3nc(-c4ccc(Cl)cc4Cl)nn32)c1. The first-order valence-corrected chi connectivity index (χ1v) is 12.0. The molecule has 188 valence electrons. The van der Waals surface area contributed by atoms with Gasteiger partial charge in [-0.15, -0.1) is 5.10 Å². The molecule has 3 heterocycles. The number of pyridine rings is 1. The lowest BCUT2D eigenvalue weighted by Crippen LogP contribution is -2.31. The Morgan fingerprint density at radius 1 is 1.11 bits per heavy atom. The lowest BCUT2D eigenvalue weighted by atomic mass is 9.94. The van der Waals surface area contributed by atoms with Crippen LogP contribution in [0.25, 0.3) is 11.4 Å². The molecule has 1 atom stereocenters. The second kappa shape index (κ2) is 10.1. The zero-order valence-corrected chi connectivity index (χ0v) is 21.6. The predicted octanol–water partition coefficient (Wildman–Crippen LogP) is 5.59. The molecule has 0 fully saturated rings. The Bertz CT molecular complexity index is 1520. The van der Waals surface area contributed by atoms with Crippen molar-refractivity contribution in [2.24, 2.45) is 0 Å². The number of anilines is 2. The van der Waals surface area contributed by atoms with E-state index in [9.17, 15) is 4.79 Å². The molecule has 11 heteroatoms. The maximum Gasteiger partial charge on any atom is 0.255 e. The molecular weight excluding hydrogens is 515 g/mol. The average molecular weight is 537 g/mol. The minimum atomic E-state index is -0.703. The third-order valence-corrected chi connectivity index (χ3v) is 6.47. The summed E-state index contributed by atoms with van der Waals surface area (Å²) in [4.78, 5) is 22.5. The Labute approximate surface area is 223 Å². The van der Waals surface area contributed by atoms with Gasteiger partial charge in [0.05, 0.1) is 36.7 Å². The normalized spacial score (nSPS) is 14.6. The molecular formula is C26H22Cl2N6O3. The summed E-state index contributed by atoms with van der Waals surface area (Å²) in [5.74, 6) is 1.63. The highest BCUT2D eigenvalue weighted by molar-refractivity contribution is 6.36. The van der Waals surface area contributed by atoms with Gasteiger partial charge in [0.2, 0.25) is 5.95 Å². The van der Waals surface area contributed by atoms with Gasteiger partial charge in [-0.2, -0.15) is 4.98 Å². The van der Waals surface area contributed by atoms with Crippen molar-refractivity contribution < 1.29 is 14.3 Å². The maximum absolute atomic E-state index is 13.7. The summed E-state index contributed by atoms with van der Waals surface area (Å²) in [6, 6.07) is 13.3. The molecule has 0 spiro atoms. The van der Waals surface area contributed by atoms with Crippen LogP contribution < -0.4 is 20.1 Å². The molecule has 9 nitrogen and oxygen atoms in total. The fourth-order valence-corrected chi connectivity index (χ4v) is 4.70. The van der Waals surface area contributed by atoms with E-state index in [1.165, 1.54) is 0 Å². The van der Waals surface area contributed by atoms with Crippen LogP contribution in [0.5, 0.6) is 11.5 Å². The van der Waals surface area contributed by atoms with Gasteiger partial charge in [-0.3, -0.25) is 9.78 Å². The van der Waals surface area contributed by atoms with Crippen molar-refractivity contribution in [1.82, 2.24) is 19.7 Å². The minimum absolute atomic E-state index is 0.333. The first kappa shape index (κ1) is 24.6. The highest BCUT2D eigenvalue weighted by atomic mass is 35.5. The van der Waals surface area contributed by atoms with Gasteiger partial charge < -0.3 is 20.1 Å². The van der Waals surface area contributed by atoms with Crippen molar-refractivity contribution in [3.05, 3.63) is 87.8 Å². The Morgan fingerprint density at radius 3 is 2.65 bits per heavy atom. The Morgan fingerprint density at radius 2 is 1.95 bits per heavy atom. The van der Waals surface area contributed by atoms with Crippen molar-refractivity contribution >= 4 is 40.7 Å². The topological polar surface area (TPSA) is 103 Å². The molecule has 1 amide bonds. The fourth-order valence-electron chi connectivity index (χ4n) is 4.21. The molecule has 0 bridgehead atoms. The van der Waals surface area contributed by atoms with E-state index in [2.05, 4.69) is 20.6 Å². The van der Waals surface area contributed by atoms with Gasteiger partial charge >= 0.3 is 0 Å².